The molecule has 0 bridgehead atoms. The Morgan fingerprint density at radius 2 is 2.07 bits per heavy atom. The number of hydrogen-bond donors (Lipinski definition) is 0. The summed E-state index contributed by atoms with van der Waals surface area (Å²) in [6.07, 6.45) is 2.07. The van der Waals surface area contributed by atoms with Crippen LogP contribution in [0, 0.1) is 10.5 Å². The van der Waals surface area contributed by atoms with E-state index in [1.165, 1.54) is 14.7 Å². The summed E-state index contributed by atoms with van der Waals surface area (Å²) in [4.78, 5) is 4.60. The smallest absolute Gasteiger partial charge is 0.138 e. The molecule has 0 spiro atoms. The van der Waals surface area contributed by atoms with Crippen LogP contribution in [0.5, 0.6) is 0 Å². The van der Waals surface area contributed by atoms with Gasteiger partial charge in [-0.1, -0.05) is 6.07 Å². The Balaban J connectivity index is 2.51. The zero-order valence-electron chi connectivity index (χ0n) is 8.24. The summed E-state index contributed by atoms with van der Waals surface area (Å²) >= 11 is 2.31. The first-order valence-corrected chi connectivity index (χ1v) is 5.86. The van der Waals surface area contributed by atoms with Crippen molar-refractivity contribution in [3.8, 4) is 0 Å². The van der Waals surface area contributed by atoms with Crippen molar-refractivity contribution in [1.82, 2.24) is 9.38 Å². The van der Waals surface area contributed by atoms with Gasteiger partial charge in [0.2, 0.25) is 0 Å². The van der Waals surface area contributed by atoms with E-state index >= 15 is 0 Å². The van der Waals surface area contributed by atoms with E-state index in [-0.39, 0.29) is 0 Å². The largest absolute Gasteiger partial charge is 0.300 e. The maximum atomic E-state index is 4.60. The van der Waals surface area contributed by atoms with Gasteiger partial charge in [0.1, 0.15) is 5.65 Å². The lowest BCUT2D eigenvalue weighted by molar-refractivity contribution is 1.22. The lowest BCUT2D eigenvalue weighted by Crippen LogP contribution is -1.83. The van der Waals surface area contributed by atoms with E-state index in [0.717, 1.165) is 11.2 Å². The van der Waals surface area contributed by atoms with Gasteiger partial charge >= 0.3 is 0 Å². The number of benzene rings is 1. The summed E-state index contributed by atoms with van der Waals surface area (Å²) in [6.45, 7) is 2.09. The first-order chi connectivity index (χ1) is 7.24. The second kappa shape index (κ2) is 3.20. The number of rotatable bonds is 0. The lowest BCUT2D eigenvalue weighted by Gasteiger charge is -1.95. The first-order valence-electron chi connectivity index (χ1n) is 4.78. The fourth-order valence-corrected chi connectivity index (χ4v) is 2.24. The van der Waals surface area contributed by atoms with E-state index in [0.29, 0.717) is 0 Å². The maximum absolute atomic E-state index is 4.60. The number of aromatic nitrogens is 2. The second-order valence-electron chi connectivity index (χ2n) is 3.68. The van der Waals surface area contributed by atoms with Crippen LogP contribution in [0.1, 0.15) is 5.56 Å². The fraction of sp³-hybridized carbons (Fsp3) is 0.0833. The third-order valence-electron chi connectivity index (χ3n) is 2.52. The van der Waals surface area contributed by atoms with Gasteiger partial charge in [-0.3, -0.25) is 4.40 Å². The third kappa shape index (κ3) is 1.42. The molecule has 3 heteroatoms. The van der Waals surface area contributed by atoms with Crippen LogP contribution < -0.4 is 0 Å². The van der Waals surface area contributed by atoms with Gasteiger partial charge in [-0.2, -0.15) is 0 Å². The molecule has 2 heterocycles. The van der Waals surface area contributed by atoms with Crippen LogP contribution in [-0.4, -0.2) is 9.38 Å². The first kappa shape index (κ1) is 9.15. The summed E-state index contributed by atoms with van der Waals surface area (Å²) < 4.78 is 3.34. The van der Waals surface area contributed by atoms with Crippen molar-refractivity contribution in [2.75, 3.05) is 0 Å². The van der Waals surface area contributed by atoms with Gasteiger partial charge in [0.05, 0.1) is 11.0 Å². The Hall–Kier alpha value is -1.10. The molecule has 15 heavy (non-hydrogen) atoms. The summed E-state index contributed by atoms with van der Waals surface area (Å²) in [7, 11) is 0. The standard InChI is InChI=1S/C12H9IN2/c1-8-2-3-11-10(6-8)14-12-7-9(13)4-5-15(11)12/h2-7H,1H3. The number of pyridine rings is 1. The number of aryl methyl sites for hydroxylation is 1. The molecule has 0 aliphatic carbocycles. The lowest BCUT2D eigenvalue weighted by atomic mass is 10.2. The van der Waals surface area contributed by atoms with Crippen LogP contribution in [0.2, 0.25) is 0 Å². The summed E-state index contributed by atoms with van der Waals surface area (Å²) in [6, 6.07) is 10.5. The molecule has 74 valence electrons. The van der Waals surface area contributed by atoms with E-state index in [9.17, 15) is 0 Å². The van der Waals surface area contributed by atoms with Gasteiger partial charge in [0.15, 0.2) is 0 Å². The Labute approximate surface area is 101 Å². The van der Waals surface area contributed by atoms with Crippen LogP contribution in [0.4, 0.5) is 0 Å². The molecule has 0 fully saturated rings. The minimum absolute atomic E-state index is 1.02. The van der Waals surface area contributed by atoms with Gasteiger partial charge in [-0.05, 0) is 59.3 Å². The number of nitrogens with zero attached hydrogens (tertiary/aromatic N) is 2. The van der Waals surface area contributed by atoms with Gasteiger partial charge in [-0.25, -0.2) is 4.98 Å². The van der Waals surface area contributed by atoms with Crippen molar-refractivity contribution in [2.24, 2.45) is 0 Å². The number of fused-ring (bicyclic) bond motifs is 3. The SMILES string of the molecule is Cc1ccc2c(c1)nc1cc(I)ccn12. The molecule has 0 aliphatic heterocycles. The number of hydrogen-bond acceptors (Lipinski definition) is 1. The van der Waals surface area contributed by atoms with E-state index in [2.05, 4.69) is 75.4 Å². The summed E-state index contributed by atoms with van der Waals surface area (Å²) in [5.41, 5.74) is 4.51. The predicted molar refractivity (Wildman–Crippen MR) is 70.2 cm³/mol. The number of imidazole rings is 1. The molecule has 3 aromatic rings. The molecular formula is C12H9IN2. The molecule has 3 rings (SSSR count). The zero-order chi connectivity index (χ0) is 10.4. The zero-order valence-corrected chi connectivity index (χ0v) is 10.4. The van der Waals surface area contributed by atoms with Crippen LogP contribution in [0.3, 0.4) is 0 Å². The van der Waals surface area contributed by atoms with E-state index < -0.39 is 0 Å². The Bertz CT molecular complexity index is 599. The normalized spacial score (nSPS) is 11.3. The Morgan fingerprint density at radius 1 is 1.20 bits per heavy atom. The van der Waals surface area contributed by atoms with E-state index in [1.807, 2.05) is 0 Å². The van der Waals surface area contributed by atoms with Gasteiger partial charge in [0, 0.05) is 9.77 Å². The molecular weight excluding hydrogens is 299 g/mol. The number of halogens is 1. The monoisotopic (exact) mass is 308 g/mol. The van der Waals surface area contributed by atoms with Crippen molar-refractivity contribution in [3.05, 3.63) is 45.7 Å². The molecule has 0 amide bonds. The van der Waals surface area contributed by atoms with Crippen LogP contribution in [-0.2, 0) is 0 Å². The molecule has 0 atom stereocenters. The molecule has 0 saturated carbocycles. The highest BCUT2D eigenvalue weighted by Crippen LogP contribution is 2.19. The van der Waals surface area contributed by atoms with Crippen molar-refractivity contribution in [2.45, 2.75) is 6.92 Å². The van der Waals surface area contributed by atoms with E-state index in [1.54, 1.807) is 0 Å². The van der Waals surface area contributed by atoms with Crippen molar-refractivity contribution in [3.63, 3.8) is 0 Å². The molecule has 0 N–H and O–H groups in total. The fourth-order valence-electron chi connectivity index (χ4n) is 1.80. The summed E-state index contributed by atoms with van der Waals surface area (Å²) in [5.74, 6) is 0. The van der Waals surface area contributed by atoms with Gasteiger partial charge in [0.25, 0.3) is 0 Å². The molecule has 0 radical (unpaired) electrons. The Morgan fingerprint density at radius 3 is 2.93 bits per heavy atom. The van der Waals surface area contributed by atoms with E-state index in [4.69, 9.17) is 0 Å². The topological polar surface area (TPSA) is 17.3 Å². The minimum Gasteiger partial charge on any atom is -0.300 e. The minimum atomic E-state index is 1.02. The molecule has 0 aliphatic rings. The van der Waals surface area contributed by atoms with Crippen LogP contribution in [0.25, 0.3) is 16.7 Å². The molecule has 2 nitrogen and oxygen atoms in total. The molecule has 0 saturated heterocycles. The average Bonchev–Trinajstić information content (AvgIpc) is 2.53. The van der Waals surface area contributed by atoms with Crippen molar-refractivity contribution >= 4 is 39.3 Å². The highest BCUT2D eigenvalue weighted by Gasteiger charge is 2.03. The second-order valence-corrected chi connectivity index (χ2v) is 4.92. The summed E-state index contributed by atoms with van der Waals surface area (Å²) in [5, 5.41) is 0. The average molecular weight is 308 g/mol. The third-order valence-corrected chi connectivity index (χ3v) is 3.19. The molecule has 2 aromatic heterocycles. The highest BCUT2D eigenvalue weighted by molar-refractivity contribution is 14.1. The van der Waals surface area contributed by atoms with Crippen LogP contribution in [0.15, 0.2) is 36.5 Å². The molecule has 0 unspecified atom stereocenters. The molecule has 1 aromatic carbocycles. The van der Waals surface area contributed by atoms with Crippen molar-refractivity contribution in [1.29, 1.82) is 0 Å². The van der Waals surface area contributed by atoms with Gasteiger partial charge in [-0.15, -0.1) is 0 Å². The highest BCUT2D eigenvalue weighted by atomic mass is 127. The van der Waals surface area contributed by atoms with Crippen molar-refractivity contribution < 1.29 is 0 Å². The maximum Gasteiger partial charge on any atom is 0.138 e. The quantitative estimate of drug-likeness (QED) is 0.582. The predicted octanol–water partition coefficient (Wildman–Crippen LogP) is 3.40. The van der Waals surface area contributed by atoms with Gasteiger partial charge < -0.3 is 0 Å². The Kier molecular flexibility index (Phi) is 1.95. The van der Waals surface area contributed by atoms with Crippen LogP contribution >= 0.6 is 22.6 Å².